The number of hydrogen-bond acceptors (Lipinski definition) is 8. The Morgan fingerprint density at radius 1 is 1.17 bits per heavy atom. The van der Waals surface area contributed by atoms with Crippen LogP contribution < -0.4 is 20.1 Å². The lowest BCUT2D eigenvalue weighted by molar-refractivity contribution is 0.171. The highest BCUT2D eigenvalue weighted by molar-refractivity contribution is 5.61. The van der Waals surface area contributed by atoms with E-state index in [1.54, 1.807) is 6.20 Å². The first kappa shape index (κ1) is 16.3. The summed E-state index contributed by atoms with van der Waals surface area (Å²) in [7, 11) is 4.10. The Balaban J connectivity index is 1.60. The minimum Gasteiger partial charge on any atom is -0.486 e. The van der Waals surface area contributed by atoms with Crippen LogP contribution in [0.4, 0.5) is 17.5 Å². The van der Waals surface area contributed by atoms with Gasteiger partial charge < -0.3 is 25.0 Å². The lowest BCUT2D eigenvalue weighted by Crippen LogP contribution is -2.17. The van der Waals surface area contributed by atoms with Gasteiger partial charge in [0.1, 0.15) is 13.2 Å². The van der Waals surface area contributed by atoms with E-state index in [1.165, 1.54) is 0 Å². The molecule has 1 aromatic heterocycles. The van der Waals surface area contributed by atoms with Crippen LogP contribution in [0.3, 0.4) is 0 Å². The molecule has 2 aromatic rings. The Morgan fingerprint density at radius 3 is 2.83 bits per heavy atom. The number of ether oxygens (including phenoxy) is 2. The van der Waals surface area contributed by atoms with Crippen molar-refractivity contribution in [2.24, 2.45) is 0 Å². The molecule has 0 unspecified atom stereocenters. The van der Waals surface area contributed by atoms with Gasteiger partial charge in [-0.3, -0.25) is 0 Å². The molecule has 0 saturated carbocycles. The normalized spacial score (nSPS) is 13.0. The predicted octanol–water partition coefficient (Wildman–Crippen LogP) is 1.75. The first-order valence-electron chi connectivity index (χ1n) is 7.96. The van der Waals surface area contributed by atoms with E-state index in [4.69, 9.17) is 9.47 Å². The third-order valence-corrected chi connectivity index (χ3v) is 3.44. The van der Waals surface area contributed by atoms with Crippen molar-refractivity contribution in [2.75, 3.05) is 51.0 Å². The summed E-state index contributed by atoms with van der Waals surface area (Å²) in [5, 5.41) is 14.4. The minimum atomic E-state index is 0.510. The highest BCUT2D eigenvalue weighted by atomic mass is 16.6. The van der Waals surface area contributed by atoms with Gasteiger partial charge in [-0.2, -0.15) is 10.1 Å². The second-order valence-corrected chi connectivity index (χ2v) is 5.73. The van der Waals surface area contributed by atoms with Crippen LogP contribution in [0.2, 0.25) is 0 Å². The van der Waals surface area contributed by atoms with E-state index in [0.717, 1.165) is 36.7 Å². The average Bonchev–Trinajstić information content (AvgIpc) is 2.59. The fourth-order valence-electron chi connectivity index (χ4n) is 2.30. The van der Waals surface area contributed by atoms with Crippen LogP contribution in [-0.2, 0) is 0 Å². The number of aromatic nitrogens is 3. The van der Waals surface area contributed by atoms with Gasteiger partial charge >= 0.3 is 0 Å². The Kier molecular flexibility index (Phi) is 5.27. The maximum Gasteiger partial charge on any atom is 0.244 e. The van der Waals surface area contributed by atoms with Crippen molar-refractivity contribution in [1.82, 2.24) is 20.1 Å². The zero-order chi connectivity index (χ0) is 16.8. The molecule has 24 heavy (non-hydrogen) atoms. The molecule has 3 rings (SSSR count). The van der Waals surface area contributed by atoms with Gasteiger partial charge in [-0.1, -0.05) is 0 Å². The topological polar surface area (TPSA) is 84.4 Å². The van der Waals surface area contributed by atoms with Crippen molar-refractivity contribution in [3.63, 3.8) is 0 Å². The molecule has 2 heterocycles. The smallest absolute Gasteiger partial charge is 0.244 e. The van der Waals surface area contributed by atoms with Gasteiger partial charge in [0.15, 0.2) is 17.3 Å². The largest absolute Gasteiger partial charge is 0.486 e. The van der Waals surface area contributed by atoms with E-state index in [-0.39, 0.29) is 0 Å². The lowest BCUT2D eigenvalue weighted by atomic mass is 10.2. The molecule has 0 fully saturated rings. The molecule has 1 aliphatic rings. The number of rotatable bonds is 7. The summed E-state index contributed by atoms with van der Waals surface area (Å²) in [6, 6.07) is 5.69. The van der Waals surface area contributed by atoms with Crippen molar-refractivity contribution in [1.29, 1.82) is 0 Å². The number of nitrogens with zero attached hydrogens (tertiary/aromatic N) is 4. The molecule has 0 aliphatic carbocycles. The molecule has 2 N–H and O–H groups in total. The number of anilines is 3. The third-order valence-electron chi connectivity index (χ3n) is 3.44. The van der Waals surface area contributed by atoms with Crippen LogP contribution in [0.1, 0.15) is 6.42 Å². The second kappa shape index (κ2) is 7.78. The van der Waals surface area contributed by atoms with E-state index < -0.39 is 0 Å². The van der Waals surface area contributed by atoms with Crippen molar-refractivity contribution in [3.05, 3.63) is 24.4 Å². The van der Waals surface area contributed by atoms with Crippen LogP contribution >= 0.6 is 0 Å². The second-order valence-electron chi connectivity index (χ2n) is 5.73. The minimum absolute atomic E-state index is 0.510. The highest BCUT2D eigenvalue weighted by Crippen LogP contribution is 2.33. The quantitative estimate of drug-likeness (QED) is 0.743. The zero-order valence-corrected chi connectivity index (χ0v) is 14.0. The molecule has 0 saturated heterocycles. The van der Waals surface area contributed by atoms with Crippen molar-refractivity contribution < 1.29 is 9.47 Å². The molecule has 0 atom stereocenters. The third kappa shape index (κ3) is 4.45. The summed E-state index contributed by atoms with van der Waals surface area (Å²) in [6.07, 6.45) is 2.60. The Hall–Kier alpha value is -2.61. The maximum atomic E-state index is 5.58. The van der Waals surface area contributed by atoms with Gasteiger partial charge in [0.25, 0.3) is 0 Å². The molecule has 0 bridgehead atoms. The highest BCUT2D eigenvalue weighted by Gasteiger charge is 2.12. The number of fused-ring (bicyclic) bond motifs is 1. The summed E-state index contributed by atoms with van der Waals surface area (Å²) in [5.74, 6) is 2.62. The molecule has 0 spiro atoms. The maximum absolute atomic E-state index is 5.58. The van der Waals surface area contributed by atoms with Crippen LogP contribution in [-0.4, -0.2) is 60.5 Å². The standard InChI is InChI=1S/C16H22N6O2/c1-22(2)7-3-6-17-16-20-15(11-18-21-16)19-12-4-5-13-14(10-12)24-9-8-23-13/h4-5,10-11H,3,6-9H2,1-2H3,(H2,17,19,20,21). The van der Waals surface area contributed by atoms with Gasteiger partial charge in [-0.15, -0.1) is 5.10 Å². The van der Waals surface area contributed by atoms with E-state index in [2.05, 4.69) is 44.8 Å². The fourth-order valence-corrected chi connectivity index (χ4v) is 2.30. The average molecular weight is 330 g/mol. The molecular formula is C16H22N6O2. The predicted molar refractivity (Wildman–Crippen MR) is 92.2 cm³/mol. The number of hydrogen-bond donors (Lipinski definition) is 2. The SMILES string of the molecule is CN(C)CCCNc1nncc(Nc2ccc3c(c2)OCCO3)n1. The van der Waals surface area contributed by atoms with Crippen LogP contribution in [0.15, 0.2) is 24.4 Å². The molecule has 0 amide bonds. The summed E-state index contributed by atoms with van der Waals surface area (Å²) in [6.45, 7) is 2.95. The Bertz CT molecular complexity index is 679. The van der Waals surface area contributed by atoms with Gasteiger partial charge in [0.2, 0.25) is 5.95 Å². The molecule has 0 radical (unpaired) electrons. The van der Waals surface area contributed by atoms with Gasteiger partial charge in [0.05, 0.1) is 6.20 Å². The monoisotopic (exact) mass is 330 g/mol. The van der Waals surface area contributed by atoms with Crippen LogP contribution in [0.25, 0.3) is 0 Å². The van der Waals surface area contributed by atoms with E-state index >= 15 is 0 Å². The van der Waals surface area contributed by atoms with Crippen LogP contribution in [0.5, 0.6) is 11.5 Å². The molecular weight excluding hydrogens is 308 g/mol. The summed E-state index contributed by atoms with van der Waals surface area (Å²) < 4.78 is 11.1. The molecule has 8 heteroatoms. The van der Waals surface area contributed by atoms with E-state index in [1.807, 2.05) is 18.2 Å². The van der Waals surface area contributed by atoms with Crippen molar-refractivity contribution >= 4 is 17.5 Å². The van der Waals surface area contributed by atoms with E-state index in [0.29, 0.717) is 25.0 Å². The molecule has 8 nitrogen and oxygen atoms in total. The van der Waals surface area contributed by atoms with Gasteiger partial charge in [-0.25, -0.2) is 0 Å². The summed E-state index contributed by atoms with van der Waals surface area (Å²) in [4.78, 5) is 6.55. The lowest BCUT2D eigenvalue weighted by Gasteiger charge is -2.19. The van der Waals surface area contributed by atoms with Gasteiger partial charge in [0, 0.05) is 18.3 Å². The fraction of sp³-hybridized carbons (Fsp3) is 0.438. The number of nitrogens with one attached hydrogen (secondary N) is 2. The number of benzene rings is 1. The first-order valence-corrected chi connectivity index (χ1v) is 7.96. The molecule has 1 aliphatic heterocycles. The Morgan fingerprint density at radius 2 is 2.00 bits per heavy atom. The zero-order valence-electron chi connectivity index (χ0n) is 14.0. The first-order chi connectivity index (χ1) is 11.7. The Labute approximate surface area is 141 Å². The van der Waals surface area contributed by atoms with Crippen molar-refractivity contribution in [3.8, 4) is 11.5 Å². The van der Waals surface area contributed by atoms with Crippen LogP contribution in [0, 0.1) is 0 Å². The van der Waals surface area contributed by atoms with Gasteiger partial charge in [-0.05, 0) is 39.2 Å². The van der Waals surface area contributed by atoms with E-state index in [9.17, 15) is 0 Å². The molecule has 128 valence electrons. The summed E-state index contributed by atoms with van der Waals surface area (Å²) >= 11 is 0. The van der Waals surface area contributed by atoms with Crippen molar-refractivity contribution in [2.45, 2.75) is 6.42 Å². The molecule has 1 aromatic carbocycles. The summed E-state index contributed by atoms with van der Waals surface area (Å²) in [5.41, 5.74) is 0.860.